The molecule has 1 aliphatic heterocycles. The molecule has 1 fully saturated rings. The summed E-state index contributed by atoms with van der Waals surface area (Å²) in [5.74, 6) is -0.615. The Bertz CT molecular complexity index is 843. The predicted molar refractivity (Wildman–Crippen MR) is 103 cm³/mol. The summed E-state index contributed by atoms with van der Waals surface area (Å²) in [5.41, 5.74) is 1.90. The zero-order valence-electron chi connectivity index (χ0n) is 15.2. The number of anilines is 2. The first-order valence-corrected chi connectivity index (χ1v) is 8.97. The Morgan fingerprint density at radius 2 is 1.56 bits per heavy atom. The van der Waals surface area contributed by atoms with Crippen molar-refractivity contribution in [2.75, 3.05) is 23.7 Å². The number of carbonyl (C=O) groups is 3. The second-order valence-corrected chi connectivity index (χ2v) is 6.50. The maximum absolute atomic E-state index is 12.6. The van der Waals surface area contributed by atoms with Gasteiger partial charge in [-0.15, -0.1) is 0 Å². The molecule has 3 rings (SSSR count). The monoisotopic (exact) mass is 366 g/mol. The summed E-state index contributed by atoms with van der Waals surface area (Å²) in [5, 5.41) is 5.45. The van der Waals surface area contributed by atoms with E-state index in [1.54, 1.807) is 35.2 Å². The molecule has 1 saturated heterocycles. The molecule has 7 nitrogen and oxygen atoms in total. The van der Waals surface area contributed by atoms with Gasteiger partial charge in [-0.25, -0.2) is 0 Å². The van der Waals surface area contributed by atoms with E-state index in [-0.39, 0.29) is 23.4 Å². The van der Waals surface area contributed by atoms with Gasteiger partial charge >= 0.3 is 0 Å². The van der Waals surface area contributed by atoms with E-state index in [2.05, 4.69) is 15.6 Å². The third kappa shape index (κ3) is 4.91. The van der Waals surface area contributed by atoms with Crippen LogP contribution >= 0.6 is 0 Å². The van der Waals surface area contributed by atoms with E-state index in [9.17, 15) is 14.4 Å². The lowest BCUT2D eigenvalue weighted by Gasteiger charge is -2.26. The molecule has 1 aromatic heterocycles. The molecule has 0 unspecified atom stereocenters. The van der Waals surface area contributed by atoms with Crippen LogP contribution < -0.4 is 10.6 Å². The Balaban J connectivity index is 1.68. The van der Waals surface area contributed by atoms with Crippen LogP contribution in [-0.4, -0.2) is 40.7 Å². The molecule has 27 heavy (non-hydrogen) atoms. The molecular weight excluding hydrogens is 344 g/mol. The molecule has 2 heterocycles. The molecule has 1 aromatic carbocycles. The topological polar surface area (TPSA) is 91.4 Å². The summed E-state index contributed by atoms with van der Waals surface area (Å²) in [6, 6.07) is 9.91. The summed E-state index contributed by atoms with van der Waals surface area (Å²) in [7, 11) is 0. The second-order valence-electron chi connectivity index (χ2n) is 6.50. The Morgan fingerprint density at radius 1 is 0.926 bits per heavy atom. The van der Waals surface area contributed by atoms with Crippen molar-refractivity contribution in [1.82, 2.24) is 9.88 Å². The predicted octanol–water partition coefficient (Wildman–Crippen LogP) is 2.92. The number of nitrogens with one attached hydrogen (secondary N) is 2. The third-order valence-corrected chi connectivity index (χ3v) is 4.35. The molecule has 7 heteroatoms. The Labute approximate surface area is 157 Å². The largest absolute Gasteiger partial charge is 0.337 e. The lowest BCUT2D eigenvalue weighted by molar-refractivity contribution is -0.114. The normalized spacial score (nSPS) is 13.7. The number of rotatable bonds is 4. The third-order valence-electron chi connectivity index (χ3n) is 4.35. The highest BCUT2D eigenvalue weighted by molar-refractivity contribution is 6.05. The Kier molecular flexibility index (Phi) is 5.80. The summed E-state index contributed by atoms with van der Waals surface area (Å²) in [6.45, 7) is 2.90. The minimum absolute atomic E-state index is 0.135. The molecule has 1 aliphatic rings. The van der Waals surface area contributed by atoms with Gasteiger partial charge in [0.25, 0.3) is 11.8 Å². The first-order chi connectivity index (χ1) is 13.0. The number of benzene rings is 1. The van der Waals surface area contributed by atoms with Gasteiger partial charge in [0.15, 0.2) is 0 Å². The van der Waals surface area contributed by atoms with Crippen molar-refractivity contribution in [3.63, 3.8) is 0 Å². The Morgan fingerprint density at radius 3 is 2.19 bits per heavy atom. The second kappa shape index (κ2) is 8.44. The minimum atomic E-state index is -0.322. The molecule has 0 atom stereocenters. The van der Waals surface area contributed by atoms with E-state index in [1.165, 1.54) is 19.2 Å². The van der Waals surface area contributed by atoms with Crippen molar-refractivity contribution in [2.45, 2.75) is 26.2 Å². The number of nitrogens with zero attached hydrogens (tertiary/aromatic N) is 2. The fourth-order valence-electron chi connectivity index (χ4n) is 2.99. The van der Waals surface area contributed by atoms with Crippen LogP contribution in [0.25, 0.3) is 0 Å². The van der Waals surface area contributed by atoms with Gasteiger partial charge in [0.2, 0.25) is 5.91 Å². The van der Waals surface area contributed by atoms with Gasteiger partial charge in [-0.1, -0.05) is 0 Å². The number of likely N-dealkylation sites (tertiary alicyclic amines) is 1. The standard InChI is InChI=1S/C20H22N4O3/c1-14(25)22-16-5-7-17(8-6-16)23-19(26)15-9-10-21-18(13-15)20(27)24-11-3-2-4-12-24/h5-10,13H,2-4,11-12H2,1H3,(H,22,25)(H,23,26). The van der Waals surface area contributed by atoms with E-state index in [0.29, 0.717) is 16.9 Å². The molecule has 3 amide bonds. The fraction of sp³-hybridized carbons (Fsp3) is 0.300. The minimum Gasteiger partial charge on any atom is -0.337 e. The number of carbonyl (C=O) groups excluding carboxylic acids is 3. The maximum atomic E-state index is 12.6. The number of aromatic nitrogens is 1. The summed E-state index contributed by atoms with van der Waals surface area (Å²) >= 11 is 0. The summed E-state index contributed by atoms with van der Waals surface area (Å²) < 4.78 is 0. The summed E-state index contributed by atoms with van der Waals surface area (Å²) in [6.07, 6.45) is 4.62. The molecule has 2 aromatic rings. The van der Waals surface area contributed by atoms with E-state index < -0.39 is 0 Å². The Hall–Kier alpha value is -3.22. The van der Waals surface area contributed by atoms with Gasteiger partial charge in [-0.3, -0.25) is 19.4 Å². The fourth-order valence-corrected chi connectivity index (χ4v) is 2.99. The highest BCUT2D eigenvalue weighted by Gasteiger charge is 2.20. The highest BCUT2D eigenvalue weighted by Crippen LogP contribution is 2.16. The smallest absolute Gasteiger partial charge is 0.272 e. The van der Waals surface area contributed by atoms with Gasteiger partial charge < -0.3 is 15.5 Å². The molecule has 0 saturated carbocycles. The van der Waals surface area contributed by atoms with Crippen LogP contribution in [0.4, 0.5) is 11.4 Å². The van der Waals surface area contributed by atoms with Crippen molar-refractivity contribution in [1.29, 1.82) is 0 Å². The molecule has 0 aliphatic carbocycles. The van der Waals surface area contributed by atoms with Crippen LogP contribution in [0.1, 0.15) is 47.0 Å². The quantitative estimate of drug-likeness (QED) is 0.870. The maximum Gasteiger partial charge on any atom is 0.272 e. The van der Waals surface area contributed by atoms with Crippen LogP contribution in [0.2, 0.25) is 0 Å². The molecular formula is C20H22N4O3. The van der Waals surface area contributed by atoms with Crippen molar-refractivity contribution in [3.8, 4) is 0 Å². The number of piperidine rings is 1. The first kappa shape index (κ1) is 18.6. The molecule has 0 radical (unpaired) electrons. The van der Waals surface area contributed by atoms with E-state index >= 15 is 0 Å². The number of pyridine rings is 1. The van der Waals surface area contributed by atoms with Crippen LogP contribution in [0.3, 0.4) is 0 Å². The number of hydrogen-bond acceptors (Lipinski definition) is 4. The zero-order chi connectivity index (χ0) is 19.2. The van der Waals surface area contributed by atoms with E-state index in [0.717, 1.165) is 32.4 Å². The average molecular weight is 366 g/mol. The van der Waals surface area contributed by atoms with Crippen LogP contribution in [0, 0.1) is 0 Å². The summed E-state index contributed by atoms with van der Waals surface area (Å²) in [4.78, 5) is 42.0. The van der Waals surface area contributed by atoms with Gasteiger partial charge in [-0.2, -0.15) is 0 Å². The van der Waals surface area contributed by atoms with Crippen molar-refractivity contribution in [2.24, 2.45) is 0 Å². The SMILES string of the molecule is CC(=O)Nc1ccc(NC(=O)c2ccnc(C(=O)N3CCCCC3)c2)cc1. The highest BCUT2D eigenvalue weighted by atomic mass is 16.2. The molecule has 140 valence electrons. The van der Waals surface area contributed by atoms with Crippen molar-refractivity contribution in [3.05, 3.63) is 53.9 Å². The first-order valence-electron chi connectivity index (χ1n) is 8.97. The van der Waals surface area contributed by atoms with Crippen molar-refractivity contribution >= 4 is 29.1 Å². The lowest BCUT2D eigenvalue weighted by atomic mass is 10.1. The lowest BCUT2D eigenvalue weighted by Crippen LogP contribution is -2.36. The molecule has 0 bridgehead atoms. The van der Waals surface area contributed by atoms with Crippen LogP contribution in [-0.2, 0) is 4.79 Å². The number of amides is 3. The van der Waals surface area contributed by atoms with Gasteiger partial charge in [0.1, 0.15) is 5.69 Å². The number of hydrogen-bond donors (Lipinski definition) is 2. The van der Waals surface area contributed by atoms with Gasteiger partial charge in [-0.05, 0) is 55.7 Å². The van der Waals surface area contributed by atoms with E-state index in [1.807, 2.05) is 0 Å². The van der Waals surface area contributed by atoms with E-state index in [4.69, 9.17) is 0 Å². The van der Waals surface area contributed by atoms with Crippen LogP contribution in [0.15, 0.2) is 42.6 Å². The van der Waals surface area contributed by atoms with Crippen LogP contribution in [0.5, 0.6) is 0 Å². The molecule has 2 N–H and O–H groups in total. The average Bonchev–Trinajstić information content (AvgIpc) is 2.69. The van der Waals surface area contributed by atoms with Crippen molar-refractivity contribution < 1.29 is 14.4 Å². The molecule has 0 spiro atoms. The van der Waals surface area contributed by atoms with Gasteiger partial charge in [0, 0.05) is 43.1 Å². The van der Waals surface area contributed by atoms with Gasteiger partial charge in [0.05, 0.1) is 0 Å². The zero-order valence-corrected chi connectivity index (χ0v) is 15.2.